The Hall–Kier alpha value is -3.06. The lowest BCUT2D eigenvalue weighted by Gasteiger charge is -2.25. The second-order valence-electron chi connectivity index (χ2n) is 6.66. The number of ether oxygens (including phenoxy) is 2. The van der Waals surface area contributed by atoms with Gasteiger partial charge in [0.15, 0.2) is 0 Å². The van der Waals surface area contributed by atoms with E-state index in [0.29, 0.717) is 42.2 Å². The van der Waals surface area contributed by atoms with E-state index >= 15 is 0 Å². The molecule has 0 radical (unpaired) electrons. The van der Waals surface area contributed by atoms with Gasteiger partial charge in [0.05, 0.1) is 19.6 Å². The highest BCUT2D eigenvalue weighted by atomic mass is 35.5. The maximum absolute atomic E-state index is 12.4. The van der Waals surface area contributed by atoms with Gasteiger partial charge in [-0.1, -0.05) is 18.2 Å². The third-order valence-corrected chi connectivity index (χ3v) is 4.53. The average Bonchev–Trinajstić information content (AvgIpc) is 2.68. The van der Waals surface area contributed by atoms with E-state index in [0.717, 1.165) is 12.0 Å². The first-order chi connectivity index (χ1) is 13.5. The topological polar surface area (TPSA) is 114 Å². The molecule has 2 aromatic carbocycles. The van der Waals surface area contributed by atoms with Crippen LogP contribution in [0.3, 0.4) is 0 Å². The lowest BCUT2D eigenvalue weighted by molar-refractivity contribution is -0.144. The molecule has 1 heterocycles. The van der Waals surface area contributed by atoms with Gasteiger partial charge in [0.1, 0.15) is 11.6 Å². The van der Waals surface area contributed by atoms with Gasteiger partial charge in [0, 0.05) is 28.8 Å². The van der Waals surface area contributed by atoms with E-state index in [1.54, 1.807) is 37.3 Å². The van der Waals surface area contributed by atoms with Crippen LogP contribution in [0, 0.1) is 11.3 Å². The van der Waals surface area contributed by atoms with Gasteiger partial charge in [-0.15, -0.1) is 12.4 Å². The number of amides is 1. The molecule has 7 nitrogen and oxygen atoms in total. The molecule has 1 unspecified atom stereocenters. The number of fused-ring (bicyclic) bond motifs is 1. The van der Waals surface area contributed by atoms with Gasteiger partial charge in [-0.2, -0.15) is 0 Å². The van der Waals surface area contributed by atoms with Crippen LogP contribution in [0.15, 0.2) is 42.5 Å². The Bertz CT molecular complexity index is 899. The zero-order valence-corrected chi connectivity index (χ0v) is 16.9. The number of halogens is 1. The Balaban J connectivity index is 0.00000300. The van der Waals surface area contributed by atoms with Crippen molar-refractivity contribution in [3.05, 3.63) is 59.2 Å². The Morgan fingerprint density at radius 1 is 1.21 bits per heavy atom. The highest BCUT2D eigenvalue weighted by molar-refractivity contribution is 6.05. The van der Waals surface area contributed by atoms with Crippen molar-refractivity contribution >= 4 is 35.8 Å². The maximum Gasteiger partial charge on any atom is 0.306 e. The smallest absolute Gasteiger partial charge is 0.306 e. The van der Waals surface area contributed by atoms with Crippen molar-refractivity contribution < 1.29 is 19.1 Å². The van der Waals surface area contributed by atoms with Crippen LogP contribution in [-0.4, -0.2) is 30.9 Å². The van der Waals surface area contributed by atoms with Crippen LogP contribution in [0.4, 0.5) is 5.69 Å². The molecule has 4 N–H and O–H groups in total. The first-order valence-electron chi connectivity index (χ1n) is 9.13. The van der Waals surface area contributed by atoms with Crippen LogP contribution in [0.5, 0.6) is 5.75 Å². The molecule has 0 aromatic heterocycles. The second kappa shape index (κ2) is 9.93. The molecule has 1 aliphatic rings. The van der Waals surface area contributed by atoms with Crippen LogP contribution < -0.4 is 15.8 Å². The van der Waals surface area contributed by atoms with Crippen molar-refractivity contribution in [2.24, 2.45) is 11.7 Å². The highest BCUT2D eigenvalue weighted by Crippen LogP contribution is 2.31. The predicted octanol–water partition coefficient (Wildman–Crippen LogP) is 3.15. The van der Waals surface area contributed by atoms with Gasteiger partial charge in [-0.05, 0) is 37.1 Å². The third-order valence-electron chi connectivity index (χ3n) is 4.53. The molecular weight excluding hydrogens is 394 g/mol. The fraction of sp³-hybridized carbons (Fsp3) is 0.286. The van der Waals surface area contributed by atoms with Gasteiger partial charge >= 0.3 is 5.97 Å². The highest BCUT2D eigenvalue weighted by Gasteiger charge is 2.23. The SMILES string of the molecule is CCOC(=O)CC1COc2cc(NC(=O)c3ccc(C(=N)N)cc3)ccc2C1.Cl. The minimum Gasteiger partial charge on any atom is -0.493 e. The molecule has 1 atom stereocenters. The number of hydrogen-bond donors (Lipinski definition) is 3. The molecule has 154 valence electrons. The summed E-state index contributed by atoms with van der Waals surface area (Å²) in [4.78, 5) is 24.1. The molecule has 0 saturated heterocycles. The third kappa shape index (κ3) is 5.71. The van der Waals surface area contributed by atoms with Crippen LogP contribution in [0.2, 0.25) is 0 Å². The van der Waals surface area contributed by atoms with E-state index < -0.39 is 0 Å². The summed E-state index contributed by atoms with van der Waals surface area (Å²) in [5, 5.41) is 10.2. The van der Waals surface area contributed by atoms with E-state index in [1.807, 2.05) is 12.1 Å². The average molecular weight is 418 g/mol. The summed E-state index contributed by atoms with van der Waals surface area (Å²) in [6.45, 7) is 2.61. The zero-order valence-electron chi connectivity index (χ0n) is 16.1. The van der Waals surface area contributed by atoms with Crippen molar-refractivity contribution in [2.75, 3.05) is 18.5 Å². The summed E-state index contributed by atoms with van der Waals surface area (Å²) in [5.41, 5.74) is 8.09. The number of nitrogens with two attached hydrogens (primary N) is 1. The number of hydrogen-bond acceptors (Lipinski definition) is 5. The van der Waals surface area contributed by atoms with Crippen LogP contribution >= 0.6 is 12.4 Å². The second-order valence-corrected chi connectivity index (χ2v) is 6.66. The summed E-state index contributed by atoms with van der Waals surface area (Å²) in [5.74, 6) is 0.293. The molecule has 29 heavy (non-hydrogen) atoms. The molecule has 2 aromatic rings. The standard InChI is InChI=1S/C21H23N3O4.ClH/c1-2-27-19(25)10-13-9-16-7-8-17(11-18(16)28-12-13)24-21(26)15-5-3-14(4-6-15)20(22)23;/h3-8,11,13H,2,9-10,12H2,1H3,(H3,22,23)(H,24,26);1H. The van der Waals surface area contributed by atoms with E-state index in [1.165, 1.54) is 0 Å². The first kappa shape index (κ1) is 22.2. The van der Waals surface area contributed by atoms with Gasteiger partial charge in [-0.25, -0.2) is 0 Å². The Morgan fingerprint density at radius 2 is 1.90 bits per heavy atom. The van der Waals surface area contributed by atoms with Crippen molar-refractivity contribution in [3.63, 3.8) is 0 Å². The minimum atomic E-state index is -0.258. The number of anilines is 1. The molecule has 3 rings (SSSR count). The molecule has 8 heteroatoms. The molecular formula is C21H24ClN3O4. The first-order valence-corrected chi connectivity index (χ1v) is 9.13. The minimum absolute atomic E-state index is 0. The molecule has 0 bridgehead atoms. The number of carbonyl (C=O) groups is 2. The Morgan fingerprint density at radius 3 is 2.55 bits per heavy atom. The summed E-state index contributed by atoms with van der Waals surface area (Å²) in [6.07, 6.45) is 1.07. The Labute approximate surface area is 175 Å². The van der Waals surface area contributed by atoms with Crippen LogP contribution in [0.1, 0.15) is 34.8 Å². The van der Waals surface area contributed by atoms with E-state index in [4.69, 9.17) is 20.6 Å². The van der Waals surface area contributed by atoms with Gasteiger partial charge in [-0.3, -0.25) is 15.0 Å². The molecule has 0 saturated carbocycles. The van der Waals surface area contributed by atoms with Crippen LogP contribution in [-0.2, 0) is 16.0 Å². The number of carbonyl (C=O) groups excluding carboxylic acids is 2. The van der Waals surface area contributed by atoms with E-state index in [2.05, 4.69) is 5.32 Å². The fourth-order valence-electron chi connectivity index (χ4n) is 3.10. The van der Waals surface area contributed by atoms with Crippen molar-refractivity contribution in [1.29, 1.82) is 5.41 Å². The molecule has 1 amide bonds. The van der Waals surface area contributed by atoms with Crippen molar-refractivity contribution in [1.82, 2.24) is 0 Å². The Kier molecular flexibility index (Phi) is 7.61. The van der Waals surface area contributed by atoms with Crippen molar-refractivity contribution in [3.8, 4) is 5.75 Å². The summed E-state index contributed by atoms with van der Waals surface area (Å²) < 4.78 is 10.8. The number of nitrogen functional groups attached to an aromatic ring is 1. The monoisotopic (exact) mass is 417 g/mol. The molecule has 0 spiro atoms. The number of benzene rings is 2. The van der Waals surface area contributed by atoms with Crippen LogP contribution in [0.25, 0.3) is 0 Å². The number of nitrogens with one attached hydrogen (secondary N) is 2. The zero-order chi connectivity index (χ0) is 20.1. The maximum atomic E-state index is 12.4. The van der Waals surface area contributed by atoms with Gasteiger partial charge < -0.3 is 20.5 Å². The quantitative estimate of drug-likeness (QED) is 0.379. The lowest BCUT2D eigenvalue weighted by atomic mass is 9.94. The van der Waals surface area contributed by atoms with Gasteiger partial charge in [0.2, 0.25) is 0 Å². The largest absolute Gasteiger partial charge is 0.493 e. The van der Waals surface area contributed by atoms with E-state index in [-0.39, 0.29) is 36.0 Å². The number of rotatable bonds is 6. The molecule has 0 fully saturated rings. The summed E-state index contributed by atoms with van der Waals surface area (Å²) >= 11 is 0. The normalized spacial score (nSPS) is 14.6. The van der Waals surface area contributed by atoms with Gasteiger partial charge in [0.25, 0.3) is 5.91 Å². The predicted molar refractivity (Wildman–Crippen MR) is 113 cm³/mol. The summed E-state index contributed by atoms with van der Waals surface area (Å²) in [7, 11) is 0. The van der Waals surface area contributed by atoms with Crippen molar-refractivity contribution in [2.45, 2.75) is 19.8 Å². The fourth-order valence-corrected chi connectivity index (χ4v) is 3.10. The lowest BCUT2D eigenvalue weighted by Crippen LogP contribution is -2.24. The van der Waals surface area contributed by atoms with E-state index in [9.17, 15) is 9.59 Å². The number of esters is 1. The molecule has 1 aliphatic heterocycles. The summed E-state index contributed by atoms with van der Waals surface area (Å²) in [6, 6.07) is 12.0. The number of amidine groups is 1. The molecule has 0 aliphatic carbocycles.